The molecule has 1 aromatic carbocycles. The van der Waals surface area contributed by atoms with Crippen LogP contribution in [0.5, 0.6) is 11.5 Å². The van der Waals surface area contributed by atoms with Gasteiger partial charge in [-0.05, 0) is 74.5 Å². The van der Waals surface area contributed by atoms with Gasteiger partial charge in [0.2, 0.25) is 6.41 Å². The molecule has 1 amide bonds. The highest BCUT2D eigenvalue weighted by molar-refractivity contribution is 5.71. The summed E-state index contributed by atoms with van der Waals surface area (Å²) in [7, 11) is 0. The average molecular weight is 393 g/mol. The third-order valence-corrected chi connectivity index (χ3v) is 4.51. The van der Waals surface area contributed by atoms with Crippen LogP contribution in [-0.2, 0) is 11.3 Å². The predicted octanol–water partition coefficient (Wildman–Crippen LogP) is 4.76. The number of benzene rings is 1. The quantitative estimate of drug-likeness (QED) is 0.613. The molecule has 0 unspecified atom stereocenters. The Bertz CT molecular complexity index is 842. The van der Waals surface area contributed by atoms with E-state index in [9.17, 15) is 4.79 Å². The number of pyridine rings is 2. The maximum Gasteiger partial charge on any atom is 0.211 e. The number of hydrogen-bond donors (Lipinski definition) is 1. The molecule has 1 aliphatic heterocycles. The molecule has 0 atom stereocenters. The van der Waals surface area contributed by atoms with Crippen molar-refractivity contribution >= 4 is 12.1 Å². The molecule has 3 heterocycles. The van der Waals surface area contributed by atoms with Crippen LogP contribution in [0.1, 0.15) is 26.4 Å². The minimum absolute atomic E-state index is 0. The van der Waals surface area contributed by atoms with Crippen molar-refractivity contribution in [2.75, 3.05) is 18.4 Å². The van der Waals surface area contributed by atoms with E-state index < -0.39 is 0 Å². The molecule has 2 aromatic heterocycles. The molecule has 1 N–H and O–H groups in total. The Morgan fingerprint density at radius 2 is 1.79 bits per heavy atom. The number of ether oxygens (including phenoxy) is 1. The lowest BCUT2D eigenvalue weighted by Crippen LogP contribution is -2.29. The van der Waals surface area contributed by atoms with Gasteiger partial charge in [-0.25, -0.2) is 0 Å². The number of nitrogens with zero attached hydrogens (tertiary/aromatic N) is 3. The molecule has 1 saturated heterocycles. The molecule has 6 nitrogen and oxygen atoms in total. The SMILES string of the molecule is O=CNc1ccc(Oc2cccnc2)cc1.[HH].c1ccc(CN2CCCCC2)nc1. The van der Waals surface area contributed by atoms with Crippen molar-refractivity contribution in [3.05, 3.63) is 78.9 Å². The number of rotatable bonds is 6. The first-order chi connectivity index (χ1) is 14.3. The third kappa shape index (κ3) is 7.35. The number of nitrogens with one attached hydrogen (secondary N) is 1. The number of hydrogen-bond acceptors (Lipinski definition) is 5. The maximum absolute atomic E-state index is 10.2. The Labute approximate surface area is 173 Å². The van der Waals surface area contributed by atoms with Crippen LogP contribution in [-0.4, -0.2) is 34.4 Å². The van der Waals surface area contributed by atoms with Gasteiger partial charge in [-0.1, -0.05) is 12.5 Å². The molecule has 1 fully saturated rings. The predicted molar refractivity (Wildman–Crippen MR) is 116 cm³/mol. The largest absolute Gasteiger partial charge is 0.456 e. The Balaban J connectivity index is 0.000000211. The van der Waals surface area contributed by atoms with Crippen molar-refractivity contribution in [1.29, 1.82) is 0 Å². The van der Waals surface area contributed by atoms with Crippen LogP contribution in [0.3, 0.4) is 0 Å². The summed E-state index contributed by atoms with van der Waals surface area (Å²) < 4.78 is 5.53. The number of anilines is 1. The van der Waals surface area contributed by atoms with Gasteiger partial charge in [-0.15, -0.1) is 0 Å². The minimum Gasteiger partial charge on any atom is -0.456 e. The van der Waals surface area contributed by atoms with Crippen molar-refractivity contribution in [1.82, 2.24) is 14.9 Å². The van der Waals surface area contributed by atoms with Gasteiger partial charge in [-0.3, -0.25) is 19.7 Å². The number of carbonyl (C=O) groups is 1. The zero-order valence-corrected chi connectivity index (χ0v) is 16.4. The van der Waals surface area contributed by atoms with E-state index in [-0.39, 0.29) is 1.43 Å². The highest BCUT2D eigenvalue weighted by Gasteiger charge is 2.10. The lowest BCUT2D eigenvalue weighted by molar-refractivity contribution is -0.105. The van der Waals surface area contributed by atoms with Crippen LogP contribution in [0.2, 0.25) is 0 Å². The molecule has 0 radical (unpaired) electrons. The van der Waals surface area contributed by atoms with E-state index in [1.54, 1.807) is 42.7 Å². The first kappa shape index (κ1) is 20.5. The number of carbonyl (C=O) groups excluding carboxylic acids is 1. The summed E-state index contributed by atoms with van der Waals surface area (Å²) in [4.78, 5) is 21.0. The zero-order valence-electron chi connectivity index (χ0n) is 16.4. The summed E-state index contributed by atoms with van der Waals surface area (Å²) >= 11 is 0. The van der Waals surface area contributed by atoms with E-state index in [2.05, 4.69) is 32.3 Å². The third-order valence-electron chi connectivity index (χ3n) is 4.51. The minimum atomic E-state index is 0. The topological polar surface area (TPSA) is 67.3 Å². The monoisotopic (exact) mass is 392 g/mol. The smallest absolute Gasteiger partial charge is 0.211 e. The Hall–Kier alpha value is -3.25. The van der Waals surface area contributed by atoms with E-state index in [1.807, 2.05) is 18.3 Å². The first-order valence-electron chi connectivity index (χ1n) is 9.84. The fraction of sp³-hybridized carbons (Fsp3) is 0.261. The standard InChI is InChI=1S/C12H10N2O2.C11H16N2.H2/c15-9-14-10-3-5-11(6-4-10)16-12-2-1-7-13-8-12;1-4-8-13(9-5-1)10-11-6-2-3-7-12-11;/h1-9H,(H,14,15);2-3,6-7H,1,4-5,8-10H2;1H. The summed E-state index contributed by atoms with van der Waals surface area (Å²) in [6.07, 6.45) is 9.94. The van der Waals surface area contributed by atoms with Gasteiger partial charge in [0.1, 0.15) is 11.5 Å². The van der Waals surface area contributed by atoms with Gasteiger partial charge in [-0.2, -0.15) is 0 Å². The van der Waals surface area contributed by atoms with Crippen molar-refractivity contribution in [2.24, 2.45) is 0 Å². The zero-order chi connectivity index (χ0) is 20.2. The van der Waals surface area contributed by atoms with Crippen LogP contribution < -0.4 is 10.1 Å². The molecule has 4 rings (SSSR count). The van der Waals surface area contributed by atoms with Crippen LogP contribution in [0, 0.1) is 0 Å². The molecule has 3 aromatic rings. The Kier molecular flexibility index (Phi) is 8.17. The van der Waals surface area contributed by atoms with Crippen LogP contribution in [0.25, 0.3) is 0 Å². The highest BCUT2D eigenvalue weighted by Crippen LogP contribution is 2.21. The molecule has 0 spiro atoms. The van der Waals surface area contributed by atoms with Crippen molar-refractivity contribution in [3.63, 3.8) is 0 Å². The van der Waals surface area contributed by atoms with Crippen LogP contribution in [0.4, 0.5) is 5.69 Å². The number of likely N-dealkylation sites (tertiary alicyclic amines) is 1. The van der Waals surface area contributed by atoms with Gasteiger partial charge in [0.25, 0.3) is 0 Å². The van der Waals surface area contributed by atoms with Crippen molar-refractivity contribution in [3.8, 4) is 11.5 Å². The van der Waals surface area contributed by atoms with E-state index in [0.29, 0.717) is 17.9 Å². The molecular weight excluding hydrogens is 364 g/mol. The molecule has 6 heteroatoms. The van der Waals surface area contributed by atoms with E-state index in [4.69, 9.17) is 4.74 Å². The summed E-state index contributed by atoms with van der Waals surface area (Å²) in [5.74, 6) is 1.38. The van der Waals surface area contributed by atoms with Gasteiger partial charge < -0.3 is 10.1 Å². The van der Waals surface area contributed by atoms with E-state index in [0.717, 1.165) is 12.2 Å². The summed E-state index contributed by atoms with van der Waals surface area (Å²) in [6, 6.07) is 16.8. The first-order valence-corrected chi connectivity index (χ1v) is 9.84. The molecule has 0 aliphatic carbocycles. The second-order valence-corrected chi connectivity index (χ2v) is 6.74. The number of aromatic nitrogens is 2. The van der Waals surface area contributed by atoms with Gasteiger partial charge in [0.15, 0.2) is 0 Å². The van der Waals surface area contributed by atoms with Gasteiger partial charge in [0.05, 0.1) is 11.9 Å². The van der Waals surface area contributed by atoms with Crippen molar-refractivity contribution in [2.45, 2.75) is 25.8 Å². The second-order valence-electron chi connectivity index (χ2n) is 6.74. The van der Waals surface area contributed by atoms with Gasteiger partial charge >= 0.3 is 0 Å². The molecule has 0 bridgehead atoms. The van der Waals surface area contributed by atoms with E-state index in [1.165, 1.54) is 38.0 Å². The molecule has 0 saturated carbocycles. The fourth-order valence-electron chi connectivity index (χ4n) is 3.07. The number of piperidine rings is 1. The van der Waals surface area contributed by atoms with Crippen molar-refractivity contribution < 1.29 is 11.0 Å². The van der Waals surface area contributed by atoms with Crippen LogP contribution >= 0.6 is 0 Å². The molecule has 29 heavy (non-hydrogen) atoms. The lowest BCUT2D eigenvalue weighted by Gasteiger charge is -2.25. The lowest BCUT2D eigenvalue weighted by atomic mass is 10.1. The average Bonchev–Trinajstić information content (AvgIpc) is 2.78. The summed E-state index contributed by atoms with van der Waals surface area (Å²) in [5, 5.41) is 2.55. The molecule has 1 aliphatic rings. The summed E-state index contributed by atoms with van der Waals surface area (Å²) in [5.41, 5.74) is 1.93. The Morgan fingerprint density at radius 1 is 0.966 bits per heavy atom. The number of amides is 1. The second kappa shape index (κ2) is 11.6. The molecule has 152 valence electrons. The maximum atomic E-state index is 10.2. The van der Waals surface area contributed by atoms with E-state index >= 15 is 0 Å². The van der Waals surface area contributed by atoms with Gasteiger partial charge in [0, 0.05) is 26.1 Å². The summed E-state index contributed by atoms with van der Waals surface area (Å²) in [6.45, 7) is 3.52. The van der Waals surface area contributed by atoms with Crippen LogP contribution in [0.15, 0.2) is 73.2 Å². The normalized spacial score (nSPS) is 13.7. The Morgan fingerprint density at radius 3 is 2.45 bits per heavy atom. The fourth-order valence-corrected chi connectivity index (χ4v) is 3.07. The molecular formula is C23H28N4O2. The highest BCUT2D eigenvalue weighted by atomic mass is 16.5.